The molecule has 0 aromatic heterocycles. The molecule has 0 spiro atoms. The van der Waals surface area contributed by atoms with E-state index in [1.54, 1.807) is 13.2 Å². The van der Waals surface area contributed by atoms with Gasteiger partial charge in [-0.15, -0.1) is 11.6 Å². The van der Waals surface area contributed by atoms with Crippen molar-refractivity contribution in [2.45, 2.75) is 32.1 Å². The molecule has 0 aliphatic carbocycles. The topological polar surface area (TPSA) is 58.7 Å². The molecule has 0 atom stereocenters. The van der Waals surface area contributed by atoms with Gasteiger partial charge in [-0.2, -0.15) is 0 Å². The van der Waals surface area contributed by atoms with Gasteiger partial charge in [0.1, 0.15) is 11.5 Å². The highest BCUT2D eigenvalue weighted by atomic mass is 79.9. The van der Waals surface area contributed by atoms with Gasteiger partial charge in [-0.05, 0) is 55.9 Å². The Balaban J connectivity index is 0.000000173. The Morgan fingerprint density at radius 2 is 1.93 bits per heavy atom. The minimum Gasteiger partial charge on any atom is -0.508 e. The summed E-state index contributed by atoms with van der Waals surface area (Å²) in [6.07, 6.45) is 5.74. The third kappa shape index (κ3) is 6.49. The first kappa shape index (κ1) is 22.7. The molecule has 0 fully saturated rings. The van der Waals surface area contributed by atoms with Crippen LogP contribution in [0.25, 0.3) is 0 Å². The van der Waals surface area contributed by atoms with Gasteiger partial charge in [0.25, 0.3) is 0 Å². The molecule has 154 valence electrons. The molecule has 4 rings (SSSR count). The zero-order chi connectivity index (χ0) is 20.4. The number of halogens is 2. The maximum Gasteiger partial charge on any atom is 0.120 e. The molecule has 6 heteroatoms. The molecule has 0 saturated heterocycles. The van der Waals surface area contributed by atoms with Crippen LogP contribution in [-0.2, 0) is 12.8 Å². The molecule has 0 amide bonds. The van der Waals surface area contributed by atoms with Crippen LogP contribution in [0.3, 0.4) is 0 Å². The molecular formula is C22H30BrClN2O2. The molecule has 2 aliphatic rings. The fraction of sp³-hybridized carbons (Fsp3) is 0.455. The Bertz CT molecular complexity index is 738. The van der Waals surface area contributed by atoms with Gasteiger partial charge in [0, 0.05) is 47.3 Å². The third-order valence-electron chi connectivity index (χ3n) is 4.75. The number of rotatable bonds is 3. The number of phenolic OH excluding ortho intramolecular Hbond substituents is 1. The molecule has 4 nitrogen and oxygen atoms in total. The fourth-order valence-electron chi connectivity index (χ4n) is 3.45. The summed E-state index contributed by atoms with van der Waals surface area (Å²) < 4.78 is 4.92. The van der Waals surface area contributed by atoms with Crippen LogP contribution in [0.1, 0.15) is 30.4 Å². The van der Waals surface area contributed by atoms with E-state index in [1.807, 2.05) is 24.3 Å². The van der Waals surface area contributed by atoms with E-state index in [2.05, 4.69) is 26.9 Å². The summed E-state index contributed by atoms with van der Waals surface area (Å²) in [6, 6.07) is 11.3. The summed E-state index contributed by atoms with van der Waals surface area (Å²) >= 11 is 8.50. The summed E-state index contributed by atoms with van der Waals surface area (Å²) in [5, 5.41) is 10.8. The van der Waals surface area contributed by atoms with E-state index >= 15 is 0 Å². The van der Waals surface area contributed by atoms with Crippen molar-refractivity contribution in [3.05, 3.63) is 47.5 Å². The van der Waals surface area contributed by atoms with Gasteiger partial charge in [-0.1, -0.05) is 28.1 Å². The van der Waals surface area contributed by atoms with Crippen molar-refractivity contribution in [3.8, 4) is 11.5 Å². The molecule has 2 aromatic rings. The summed E-state index contributed by atoms with van der Waals surface area (Å²) in [5.41, 5.74) is 10.2. The maximum absolute atomic E-state index is 9.79. The number of hydrogen-bond acceptors (Lipinski definition) is 4. The van der Waals surface area contributed by atoms with E-state index < -0.39 is 0 Å². The first-order valence-electron chi connectivity index (χ1n) is 9.70. The minimum atomic E-state index is 0.496. The van der Waals surface area contributed by atoms with E-state index in [9.17, 15) is 5.11 Å². The number of aromatic hydroxyl groups is 1. The normalized spacial score (nSPS) is 14.0. The predicted molar refractivity (Wildman–Crippen MR) is 123 cm³/mol. The highest BCUT2D eigenvalue weighted by molar-refractivity contribution is 9.09. The molecule has 28 heavy (non-hydrogen) atoms. The quantitative estimate of drug-likeness (QED) is 0.468. The van der Waals surface area contributed by atoms with Gasteiger partial charge >= 0.3 is 0 Å². The molecule has 2 aliphatic heterocycles. The number of anilines is 2. The second-order valence-electron chi connectivity index (χ2n) is 6.77. The van der Waals surface area contributed by atoms with Gasteiger partial charge in [0.05, 0.1) is 7.11 Å². The smallest absolute Gasteiger partial charge is 0.120 e. The van der Waals surface area contributed by atoms with Crippen LogP contribution in [0.2, 0.25) is 0 Å². The zero-order valence-electron chi connectivity index (χ0n) is 16.5. The largest absolute Gasteiger partial charge is 0.508 e. The number of benzene rings is 2. The van der Waals surface area contributed by atoms with E-state index in [-0.39, 0.29) is 0 Å². The van der Waals surface area contributed by atoms with Crippen LogP contribution in [0.4, 0.5) is 11.4 Å². The number of nitrogens with two attached hydrogens (primary N) is 1. The SMILES string of the molecule is COc1cccc(N)c1.ClCCCBr.Oc1ccc2c3c1CCCN3CCC2. The van der Waals surface area contributed by atoms with E-state index in [0.717, 1.165) is 35.5 Å². The van der Waals surface area contributed by atoms with Crippen molar-refractivity contribution in [3.63, 3.8) is 0 Å². The standard InChI is InChI=1S/C12H15NO.C7H9NO.C3H6BrCl/c14-11-6-5-9-3-1-7-13-8-2-4-10(11)12(9)13;1-9-7-4-2-3-6(8)5-7;4-2-1-3-5/h5-6,14H,1-4,7-8H2;2-5H,8H2,1H3;1-3H2. The van der Waals surface area contributed by atoms with Crippen LogP contribution in [0, 0.1) is 0 Å². The number of nitrogen functional groups attached to an aromatic ring is 1. The fourth-order valence-corrected chi connectivity index (χ4v) is 4.19. The second-order valence-corrected chi connectivity index (χ2v) is 7.94. The van der Waals surface area contributed by atoms with Crippen molar-refractivity contribution >= 4 is 38.9 Å². The second kappa shape index (κ2) is 12.1. The van der Waals surface area contributed by atoms with Gasteiger partial charge < -0.3 is 20.5 Å². The number of hydrogen-bond donors (Lipinski definition) is 2. The lowest BCUT2D eigenvalue weighted by atomic mass is 9.91. The molecule has 0 bridgehead atoms. The summed E-state index contributed by atoms with van der Waals surface area (Å²) in [6.45, 7) is 2.34. The van der Waals surface area contributed by atoms with Gasteiger partial charge in [0.2, 0.25) is 0 Å². The molecule has 3 N–H and O–H groups in total. The monoisotopic (exact) mass is 468 g/mol. The van der Waals surface area contributed by atoms with E-state index in [4.69, 9.17) is 22.1 Å². The van der Waals surface area contributed by atoms with Crippen molar-refractivity contribution in [1.29, 1.82) is 0 Å². The van der Waals surface area contributed by atoms with Gasteiger partial charge in [-0.3, -0.25) is 0 Å². The van der Waals surface area contributed by atoms with Crippen LogP contribution < -0.4 is 15.4 Å². The summed E-state index contributed by atoms with van der Waals surface area (Å²) in [7, 11) is 1.62. The van der Waals surface area contributed by atoms with Crippen LogP contribution in [-0.4, -0.2) is 36.5 Å². The first-order valence-corrected chi connectivity index (χ1v) is 11.4. The van der Waals surface area contributed by atoms with Crippen molar-refractivity contribution < 1.29 is 9.84 Å². The number of aryl methyl sites for hydroxylation is 1. The average Bonchev–Trinajstić information content (AvgIpc) is 2.72. The Morgan fingerprint density at radius 3 is 2.50 bits per heavy atom. The molecule has 2 aromatic carbocycles. The minimum absolute atomic E-state index is 0.496. The summed E-state index contributed by atoms with van der Waals surface area (Å²) in [4.78, 5) is 2.44. The zero-order valence-corrected chi connectivity index (χ0v) is 18.8. The number of alkyl halides is 2. The number of phenols is 1. The summed E-state index contributed by atoms with van der Waals surface area (Å²) in [5.74, 6) is 2.07. The Kier molecular flexibility index (Phi) is 9.79. The van der Waals surface area contributed by atoms with Crippen LogP contribution in [0.5, 0.6) is 11.5 Å². The molecule has 0 unspecified atom stereocenters. The highest BCUT2D eigenvalue weighted by Crippen LogP contribution is 2.39. The Hall–Kier alpha value is -1.59. The lowest BCUT2D eigenvalue weighted by Gasteiger charge is -2.36. The molecule has 0 radical (unpaired) electrons. The van der Waals surface area contributed by atoms with Gasteiger partial charge in [0.15, 0.2) is 0 Å². The highest BCUT2D eigenvalue weighted by Gasteiger charge is 2.25. The van der Waals surface area contributed by atoms with Crippen LogP contribution in [0.15, 0.2) is 36.4 Å². The molecule has 0 saturated carbocycles. The molecular weight excluding hydrogens is 440 g/mol. The number of ether oxygens (including phenoxy) is 1. The Labute approximate surface area is 181 Å². The molecule has 2 heterocycles. The lowest BCUT2D eigenvalue weighted by molar-refractivity contribution is 0.415. The van der Waals surface area contributed by atoms with E-state index in [1.165, 1.54) is 49.2 Å². The maximum atomic E-state index is 9.79. The number of methoxy groups -OCH3 is 1. The lowest BCUT2D eigenvalue weighted by Crippen LogP contribution is -2.34. The van der Waals surface area contributed by atoms with Crippen molar-refractivity contribution in [2.24, 2.45) is 0 Å². The predicted octanol–water partition coefficient (Wildman–Crippen LogP) is 5.38. The van der Waals surface area contributed by atoms with Crippen molar-refractivity contribution in [2.75, 3.05) is 42.0 Å². The number of nitrogens with zero attached hydrogens (tertiary/aromatic N) is 1. The van der Waals surface area contributed by atoms with Crippen LogP contribution >= 0.6 is 27.5 Å². The average molecular weight is 470 g/mol. The van der Waals surface area contributed by atoms with Crippen molar-refractivity contribution in [1.82, 2.24) is 0 Å². The third-order valence-corrected chi connectivity index (χ3v) is 5.58. The Morgan fingerprint density at radius 1 is 1.18 bits per heavy atom. The first-order chi connectivity index (χ1) is 13.6. The van der Waals surface area contributed by atoms with E-state index in [0.29, 0.717) is 5.75 Å². The van der Waals surface area contributed by atoms with Gasteiger partial charge in [-0.25, -0.2) is 0 Å².